The molecule has 0 radical (unpaired) electrons. The van der Waals surface area contributed by atoms with Gasteiger partial charge in [-0.2, -0.15) is 4.98 Å². The molecule has 3 aromatic rings. The molecule has 0 aliphatic heterocycles. The second-order valence-corrected chi connectivity index (χ2v) is 6.83. The molecule has 24 heavy (non-hydrogen) atoms. The average molecular weight is 340 g/mol. The molecule has 0 saturated heterocycles. The van der Waals surface area contributed by atoms with Crippen molar-refractivity contribution in [3.8, 4) is 17.4 Å². The van der Waals surface area contributed by atoms with Gasteiger partial charge in [0.2, 0.25) is 5.88 Å². The summed E-state index contributed by atoms with van der Waals surface area (Å²) in [6.45, 7) is 1.86. The number of nitrogens with zero attached hydrogens (tertiary/aromatic N) is 2. The third-order valence-electron chi connectivity index (χ3n) is 4.17. The van der Waals surface area contributed by atoms with Crippen LogP contribution >= 0.6 is 11.3 Å². The summed E-state index contributed by atoms with van der Waals surface area (Å²) in [6.07, 6.45) is 4.08. The summed E-state index contributed by atoms with van der Waals surface area (Å²) in [4.78, 5) is 22.5. The van der Waals surface area contributed by atoms with E-state index in [1.54, 1.807) is 36.6 Å². The average Bonchev–Trinajstić information content (AvgIpc) is 3.14. The first-order valence-corrected chi connectivity index (χ1v) is 8.61. The molecule has 0 atom stereocenters. The highest BCUT2D eigenvalue weighted by Gasteiger charge is 2.23. The maximum atomic E-state index is 11.1. The van der Waals surface area contributed by atoms with Gasteiger partial charge in [0.05, 0.1) is 12.5 Å². The van der Waals surface area contributed by atoms with Gasteiger partial charge in [0.15, 0.2) is 11.5 Å². The van der Waals surface area contributed by atoms with Crippen LogP contribution in [0.25, 0.3) is 10.2 Å². The number of fused-ring (bicyclic) bond motifs is 3. The molecule has 0 bridgehead atoms. The number of thiophene rings is 1. The van der Waals surface area contributed by atoms with E-state index in [2.05, 4.69) is 9.97 Å². The molecule has 0 saturated carbocycles. The Balaban J connectivity index is 1.87. The van der Waals surface area contributed by atoms with Gasteiger partial charge >= 0.3 is 0 Å². The van der Waals surface area contributed by atoms with Gasteiger partial charge in [0, 0.05) is 10.4 Å². The van der Waals surface area contributed by atoms with Gasteiger partial charge in [-0.1, -0.05) is 0 Å². The van der Waals surface area contributed by atoms with Crippen LogP contribution in [0.15, 0.2) is 18.2 Å². The minimum absolute atomic E-state index is 0.486. The SMILES string of the molecule is COc1ccc(C=O)cc1Oc1nc(C)nc2sc3c(c12)CCC3. The Hall–Kier alpha value is -2.47. The maximum Gasteiger partial charge on any atom is 0.231 e. The number of hydrogen-bond acceptors (Lipinski definition) is 6. The second kappa shape index (κ2) is 5.87. The lowest BCUT2D eigenvalue weighted by Crippen LogP contribution is -1.97. The molecule has 4 rings (SSSR count). The highest BCUT2D eigenvalue weighted by atomic mass is 32.1. The van der Waals surface area contributed by atoms with Crippen LogP contribution in [-0.4, -0.2) is 23.4 Å². The summed E-state index contributed by atoms with van der Waals surface area (Å²) in [7, 11) is 1.58. The molecule has 0 unspecified atom stereocenters. The van der Waals surface area contributed by atoms with Crippen LogP contribution < -0.4 is 9.47 Å². The van der Waals surface area contributed by atoms with E-state index in [-0.39, 0.29) is 0 Å². The predicted molar refractivity (Wildman–Crippen MR) is 92.6 cm³/mol. The molecular formula is C18H16N2O3S. The number of carbonyl (C=O) groups is 1. The Kier molecular flexibility index (Phi) is 3.69. The number of rotatable bonds is 4. The Labute approximate surface area is 143 Å². The van der Waals surface area contributed by atoms with Crippen molar-refractivity contribution in [2.24, 2.45) is 0 Å². The van der Waals surface area contributed by atoms with Crippen LogP contribution in [0.5, 0.6) is 17.4 Å². The van der Waals surface area contributed by atoms with Gasteiger partial charge in [0.1, 0.15) is 16.9 Å². The Morgan fingerprint density at radius 1 is 1.21 bits per heavy atom. The zero-order valence-electron chi connectivity index (χ0n) is 13.5. The second-order valence-electron chi connectivity index (χ2n) is 5.74. The van der Waals surface area contributed by atoms with Crippen LogP contribution in [0.4, 0.5) is 0 Å². The van der Waals surface area contributed by atoms with E-state index in [1.165, 1.54) is 10.4 Å². The van der Waals surface area contributed by atoms with E-state index < -0.39 is 0 Å². The number of aromatic nitrogens is 2. The van der Waals surface area contributed by atoms with Crippen molar-refractivity contribution in [2.75, 3.05) is 7.11 Å². The predicted octanol–water partition coefficient (Wildman–Crippen LogP) is 4.10. The van der Waals surface area contributed by atoms with Crippen LogP contribution in [0, 0.1) is 6.92 Å². The molecule has 1 aliphatic carbocycles. The Morgan fingerprint density at radius 3 is 2.88 bits per heavy atom. The summed E-state index contributed by atoms with van der Waals surface area (Å²) in [5, 5.41) is 0.997. The van der Waals surface area contributed by atoms with Gasteiger partial charge in [-0.3, -0.25) is 4.79 Å². The fourth-order valence-electron chi connectivity index (χ4n) is 3.09. The summed E-state index contributed by atoms with van der Waals surface area (Å²) < 4.78 is 11.4. The number of ether oxygens (including phenoxy) is 2. The molecule has 2 heterocycles. The minimum Gasteiger partial charge on any atom is -0.493 e. The van der Waals surface area contributed by atoms with E-state index in [9.17, 15) is 4.79 Å². The molecule has 0 spiro atoms. The number of hydrogen-bond donors (Lipinski definition) is 0. The van der Waals surface area contributed by atoms with Crippen LogP contribution in [0.3, 0.4) is 0 Å². The molecule has 1 aromatic carbocycles. The lowest BCUT2D eigenvalue weighted by atomic mass is 10.2. The number of aldehydes is 1. The molecule has 122 valence electrons. The minimum atomic E-state index is 0.486. The summed E-state index contributed by atoms with van der Waals surface area (Å²) in [5.41, 5.74) is 1.83. The number of methoxy groups -OCH3 is 1. The largest absolute Gasteiger partial charge is 0.493 e. The van der Waals surface area contributed by atoms with Crippen molar-refractivity contribution < 1.29 is 14.3 Å². The fourth-order valence-corrected chi connectivity index (χ4v) is 4.39. The molecule has 0 N–H and O–H groups in total. The van der Waals surface area contributed by atoms with Gasteiger partial charge in [-0.05, 0) is 49.9 Å². The Bertz CT molecular complexity index is 949. The van der Waals surface area contributed by atoms with E-state index in [1.807, 2.05) is 6.92 Å². The van der Waals surface area contributed by atoms with Gasteiger partial charge in [-0.25, -0.2) is 4.98 Å². The molecule has 0 amide bonds. The maximum absolute atomic E-state index is 11.1. The first kappa shape index (κ1) is 15.1. The van der Waals surface area contributed by atoms with Crippen molar-refractivity contribution in [3.05, 3.63) is 40.0 Å². The zero-order valence-corrected chi connectivity index (χ0v) is 14.3. The molecule has 1 aliphatic rings. The first-order chi connectivity index (χ1) is 11.7. The van der Waals surface area contributed by atoms with Crippen molar-refractivity contribution >= 4 is 27.8 Å². The van der Waals surface area contributed by atoms with E-state index in [0.717, 1.165) is 35.8 Å². The van der Waals surface area contributed by atoms with Crippen molar-refractivity contribution in [1.29, 1.82) is 0 Å². The number of carbonyl (C=O) groups excluding carboxylic acids is 1. The van der Waals surface area contributed by atoms with Crippen LogP contribution in [0.2, 0.25) is 0 Å². The van der Waals surface area contributed by atoms with E-state index in [4.69, 9.17) is 9.47 Å². The lowest BCUT2D eigenvalue weighted by molar-refractivity contribution is 0.112. The highest BCUT2D eigenvalue weighted by Crippen LogP contribution is 2.42. The van der Waals surface area contributed by atoms with E-state index in [0.29, 0.717) is 28.8 Å². The monoisotopic (exact) mass is 340 g/mol. The molecule has 5 nitrogen and oxygen atoms in total. The molecular weight excluding hydrogens is 324 g/mol. The van der Waals surface area contributed by atoms with Crippen molar-refractivity contribution in [1.82, 2.24) is 9.97 Å². The number of aryl methyl sites for hydroxylation is 3. The lowest BCUT2D eigenvalue weighted by Gasteiger charge is -2.11. The van der Waals surface area contributed by atoms with Crippen LogP contribution in [0.1, 0.15) is 33.0 Å². The van der Waals surface area contributed by atoms with Crippen molar-refractivity contribution in [2.45, 2.75) is 26.2 Å². The smallest absolute Gasteiger partial charge is 0.231 e. The zero-order chi connectivity index (χ0) is 16.7. The van der Waals surface area contributed by atoms with Gasteiger partial charge < -0.3 is 9.47 Å². The summed E-state index contributed by atoms with van der Waals surface area (Å²) in [6, 6.07) is 5.09. The topological polar surface area (TPSA) is 61.3 Å². The van der Waals surface area contributed by atoms with E-state index >= 15 is 0 Å². The number of benzene rings is 1. The van der Waals surface area contributed by atoms with Crippen molar-refractivity contribution in [3.63, 3.8) is 0 Å². The van der Waals surface area contributed by atoms with Gasteiger partial charge in [0.25, 0.3) is 0 Å². The fraction of sp³-hybridized carbons (Fsp3) is 0.278. The highest BCUT2D eigenvalue weighted by molar-refractivity contribution is 7.19. The quantitative estimate of drug-likeness (QED) is 0.669. The summed E-state index contributed by atoms with van der Waals surface area (Å²) >= 11 is 1.72. The Morgan fingerprint density at radius 2 is 2.08 bits per heavy atom. The van der Waals surface area contributed by atoms with Crippen LogP contribution in [-0.2, 0) is 12.8 Å². The first-order valence-electron chi connectivity index (χ1n) is 7.79. The molecule has 0 fully saturated rings. The third-order valence-corrected chi connectivity index (χ3v) is 5.36. The summed E-state index contributed by atoms with van der Waals surface area (Å²) in [5.74, 6) is 2.26. The molecule has 2 aromatic heterocycles. The standard InChI is InChI=1S/C18H16N2O3S/c1-10-19-17(16-12-4-3-5-15(12)24-18(16)20-10)23-14-8-11(9-21)6-7-13(14)22-2/h6-9H,3-5H2,1-2H3. The normalized spacial score (nSPS) is 13.1. The van der Waals surface area contributed by atoms with Gasteiger partial charge in [-0.15, -0.1) is 11.3 Å². The molecule has 6 heteroatoms. The third kappa shape index (κ3) is 2.43.